The molecule has 1 aromatic rings. The molecule has 0 radical (unpaired) electrons. The van der Waals surface area contributed by atoms with E-state index in [4.69, 9.17) is 0 Å². The van der Waals surface area contributed by atoms with Crippen molar-refractivity contribution in [2.45, 2.75) is 84.0 Å². The number of aryl methyl sites for hydroxylation is 1. The normalized spacial score (nSPS) is 14.4. The molecule has 0 aliphatic carbocycles. The first-order valence-corrected chi connectivity index (χ1v) is 9.43. The summed E-state index contributed by atoms with van der Waals surface area (Å²) in [6, 6.07) is 2.40. The van der Waals surface area contributed by atoms with E-state index in [0.29, 0.717) is 5.41 Å². The first kappa shape index (κ1) is 18.1. The molecule has 0 saturated heterocycles. The Balaban J connectivity index is 2.71. The third-order valence-electron chi connectivity index (χ3n) is 4.56. The second-order valence-electron chi connectivity index (χ2n) is 6.49. The Morgan fingerprint density at radius 3 is 2.05 bits per heavy atom. The summed E-state index contributed by atoms with van der Waals surface area (Å²) >= 11 is 2.44. The van der Waals surface area contributed by atoms with Gasteiger partial charge in [-0.15, -0.1) is 0 Å². The predicted molar refractivity (Wildman–Crippen MR) is 98.4 cm³/mol. The van der Waals surface area contributed by atoms with E-state index in [-0.39, 0.29) is 0 Å². The van der Waals surface area contributed by atoms with Gasteiger partial charge in [0.15, 0.2) is 0 Å². The largest absolute Gasteiger partial charge is 0.346 e. The van der Waals surface area contributed by atoms with Crippen molar-refractivity contribution >= 4 is 22.6 Å². The van der Waals surface area contributed by atoms with Gasteiger partial charge in [-0.1, -0.05) is 65.7 Å². The molecule has 0 spiro atoms. The second kappa shape index (κ2) is 9.11. The van der Waals surface area contributed by atoms with E-state index in [1.165, 1.54) is 61.5 Å². The summed E-state index contributed by atoms with van der Waals surface area (Å²) in [5.74, 6) is 0. The molecule has 1 rings (SSSR count). The van der Waals surface area contributed by atoms with Gasteiger partial charge >= 0.3 is 0 Å². The minimum absolute atomic E-state index is 0.379. The molecule has 1 unspecified atom stereocenters. The number of aromatic nitrogens is 1. The fourth-order valence-electron chi connectivity index (χ4n) is 2.99. The minimum Gasteiger partial charge on any atom is -0.346 e. The summed E-state index contributed by atoms with van der Waals surface area (Å²) < 4.78 is 3.62. The highest BCUT2D eigenvalue weighted by molar-refractivity contribution is 14.1. The van der Waals surface area contributed by atoms with Crippen LogP contribution in [-0.4, -0.2) is 4.57 Å². The van der Waals surface area contributed by atoms with E-state index in [9.17, 15) is 0 Å². The van der Waals surface area contributed by atoms with Crippen LogP contribution in [0, 0.1) is 3.70 Å². The van der Waals surface area contributed by atoms with E-state index in [0.717, 1.165) is 0 Å². The molecule has 0 saturated carbocycles. The minimum atomic E-state index is 0.379. The molecule has 1 aromatic heterocycles. The fraction of sp³-hybridized carbons (Fsp3) is 0.778. The van der Waals surface area contributed by atoms with Crippen LogP contribution in [0.4, 0.5) is 0 Å². The number of halogens is 1. The molecule has 0 aliphatic rings. The molecule has 2 heteroatoms. The number of rotatable bonds is 10. The topological polar surface area (TPSA) is 4.93 Å². The molecule has 0 fully saturated rings. The van der Waals surface area contributed by atoms with Crippen molar-refractivity contribution in [2.75, 3.05) is 0 Å². The molecule has 0 aromatic carbocycles. The van der Waals surface area contributed by atoms with E-state index in [2.05, 4.69) is 67.2 Å². The van der Waals surface area contributed by atoms with Gasteiger partial charge in [-0.2, -0.15) is 0 Å². The Morgan fingerprint density at radius 2 is 1.55 bits per heavy atom. The molecule has 0 bridgehead atoms. The van der Waals surface area contributed by atoms with Gasteiger partial charge in [0.2, 0.25) is 0 Å². The average Bonchev–Trinajstić information content (AvgIpc) is 2.76. The van der Waals surface area contributed by atoms with Crippen molar-refractivity contribution in [2.24, 2.45) is 7.05 Å². The first-order chi connectivity index (χ1) is 9.53. The molecule has 0 amide bonds. The van der Waals surface area contributed by atoms with Crippen molar-refractivity contribution < 1.29 is 0 Å². The molecule has 1 nitrogen and oxygen atoms in total. The molecule has 1 atom stereocenters. The Labute approximate surface area is 139 Å². The van der Waals surface area contributed by atoms with E-state index >= 15 is 0 Å². The van der Waals surface area contributed by atoms with Gasteiger partial charge in [0.1, 0.15) is 0 Å². The van der Waals surface area contributed by atoms with Gasteiger partial charge in [0.05, 0.1) is 3.70 Å². The number of unbranched alkanes of at least 4 members (excludes halogenated alkanes) is 5. The summed E-state index contributed by atoms with van der Waals surface area (Å²) in [7, 11) is 2.16. The van der Waals surface area contributed by atoms with E-state index in [1.807, 2.05) is 0 Å². The van der Waals surface area contributed by atoms with Gasteiger partial charge in [-0.05, 0) is 52.5 Å². The van der Waals surface area contributed by atoms with E-state index < -0.39 is 0 Å². The lowest BCUT2D eigenvalue weighted by atomic mass is 9.75. The Bertz CT molecular complexity index is 363. The Morgan fingerprint density at radius 1 is 1.00 bits per heavy atom. The summed E-state index contributed by atoms with van der Waals surface area (Å²) in [6.45, 7) is 7.07. The van der Waals surface area contributed by atoms with Crippen molar-refractivity contribution in [3.05, 3.63) is 21.5 Å². The van der Waals surface area contributed by atoms with Crippen LogP contribution in [0.3, 0.4) is 0 Å². The maximum atomic E-state index is 2.49. The zero-order chi connectivity index (χ0) is 15.0. The number of hydrogen-bond acceptors (Lipinski definition) is 0. The molecular weight excluding hydrogens is 357 g/mol. The monoisotopic (exact) mass is 389 g/mol. The zero-order valence-electron chi connectivity index (χ0n) is 13.8. The van der Waals surface area contributed by atoms with Gasteiger partial charge in [-0.25, -0.2) is 0 Å². The average molecular weight is 389 g/mol. The lowest BCUT2D eigenvalue weighted by molar-refractivity contribution is 0.365. The summed E-state index contributed by atoms with van der Waals surface area (Å²) in [5, 5.41) is 0. The molecule has 20 heavy (non-hydrogen) atoms. The number of nitrogens with zero attached hydrogens (tertiary/aromatic N) is 1. The molecule has 116 valence electrons. The predicted octanol–water partition coefficient (Wildman–Crippen LogP) is 6.44. The first-order valence-electron chi connectivity index (χ1n) is 8.36. The van der Waals surface area contributed by atoms with Crippen molar-refractivity contribution in [3.63, 3.8) is 0 Å². The highest BCUT2D eigenvalue weighted by atomic mass is 127. The highest BCUT2D eigenvalue weighted by Gasteiger charge is 2.27. The third kappa shape index (κ3) is 5.42. The van der Waals surface area contributed by atoms with Crippen molar-refractivity contribution in [3.8, 4) is 0 Å². The van der Waals surface area contributed by atoms with Crippen LogP contribution in [0.1, 0.15) is 84.1 Å². The summed E-state index contributed by atoms with van der Waals surface area (Å²) in [6.07, 6.45) is 14.6. The van der Waals surface area contributed by atoms with Crippen molar-refractivity contribution in [1.82, 2.24) is 4.57 Å². The van der Waals surface area contributed by atoms with Crippen molar-refractivity contribution in [1.29, 1.82) is 0 Å². The highest BCUT2D eigenvalue weighted by Crippen LogP contribution is 2.36. The maximum absolute atomic E-state index is 2.49. The lowest BCUT2D eigenvalue weighted by Crippen LogP contribution is -2.21. The van der Waals surface area contributed by atoms with Crippen LogP contribution >= 0.6 is 22.6 Å². The fourth-order valence-corrected chi connectivity index (χ4v) is 3.46. The van der Waals surface area contributed by atoms with Crippen LogP contribution in [0.15, 0.2) is 12.3 Å². The third-order valence-corrected chi connectivity index (χ3v) is 5.63. The van der Waals surface area contributed by atoms with Crippen LogP contribution < -0.4 is 0 Å². The van der Waals surface area contributed by atoms with Crippen LogP contribution in [0.2, 0.25) is 0 Å². The van der Waals surface area contributed by atoms with Gasteiger partial charge < -0.3 is 4.57 Å². The summed E-state index contributed by atoms with van der Waals surface area (Å²) in [4.78, 5) is 0. The maximum Gasteiger partial charge on any atom is 0.0798 e. The quantitative estimate of drug-likeness (QED) is 0.321. The van der Waals surface area contributed by atoms with Gasteiger partial charge in [-0.3, -0.25) is 0 Å². The Kier molecular flexibility index (Phi) is 8.23. The molecule has 0 aliphatic heterocycles. The van der Waals surface area contributed by atoms with Crippen LogP contribution in [0.5, 0.6) is 0 Å². The summed E-state index contributed by atoms with van der Waals surface area (Å²) in [5.41, 5.74) is 1.93. The Hall–Kier alpha value is 0.01000. The number of hydrogen-bond donors (Lipinski definition) is 0. The standard InChI is InChI=1S/C18H32IN/c1-5-7-9-11-13-18(3,12-10-8-6-2)16-14-17(19)20(4)15-16/h14-15H,5-13H2,1-4H3. The molecule has 0 N–H and O–H groups in total. The van der Waals surface area contributed by atoms with Crippen LogP contribution in [-0.2, 0) is 12.5 Å². The second-order valence-corrected chi connectivity index (χ2v) is 7.60. The van der Waals surface area contributed by atoms with E-state index in [1.54, 1.807) is 5.56 Å². The van der Waals surface area contributed by atoms with Gasteiger partial charge in [0.25, 0.3) is 0 Å². The lowest BCUT2D eigenvalue weighted by Gasteiger charge is -2.29. The molecule has 1 heterocycles. The zero-order valence-corrected chi connectivity index (χ0v) is 16.0. The SMILES string of the molecule is CCCCCCC(C)(CCCCC)c1cc(I)n(C)c1. The van der Waals surface area contributed by atoms with Gasteiger partial charge in [0, 0.05) is 13.2 Å². The molecular formula is C18H32IN. The smallest absolute Gasteiger partial charge is 0.0798 e. The van der Waals surface area contributed by atoms with Crippen LogP contribution in [0.25, 0.3) is 0 Å².